The molecule has 154 valence electrons. The molecule has 2 aromatic carbocycles. The summed E-state index contributed by atoms with van der Waals surface area (Å²) in [5.74, 6) is -0.0735. The first-order chi connectivity index (χ1) is 13.6. The number of alkyl halides is 3. The molecule has 12 heteroatoms. The molecule has 2 aromatic rings. The van der Waals surface area contributed by atoms with Crippen LogP contribution >= 0.6 is 12.2 Å². The fourth-order valence-corrected chi connectivity index (χ4v) is 2.22. The molecule has 0 fully saturated rings. The number of nitrogens with one attached hydrogen (secondary N) is 1. The van der Waals surface area contributed by atoms with Crippen LogP contribution in [0.25, 0.3) is 0 Å². The van der Waals surface area contributed by atoms with Gasteiger partial charge in [-0.3, -0.25) is 15.5 Å². The monoisotopic (exact) mass is 428 g/mol. The molecule has 0 aliphatic carbocycles. The molecule has 0 radical (unpaired) electrons. The minimum Gasteiger partial charge on any atom is -0.490 e. The van der Waals surface area contributed by atoms with Crippen LogP contribution < -0.4 is 20.6 Å². The number of nitro groups is 1. The lowest BCUT2D eigenvalue weighted by atomic mass is 10.1. The molecule has 0 bridgehead atoms. The van der Waals surface area contributed by atoms with Crippen molar-refractivity contribution < 1.29 is 27.6 Å². The molecule has 3 N–H and O–H groups in total. The second-order valence-corrected chi connectivity index (χ2v) is 5.85. The van der Waals surface area contributed by atoms with Crippen molar-refractivity contribution in [3.63, 3.8) is 0 Å². The summed E-state index contributed by atoms with van der Waals surface area (Å²) < 4.78 is 49.4. The van der Waals surface area contributed by atoms with Crippen molar-refractivity contribution in [2.75, 3.05) is 6.61 Å². The maximum atomic E-state index is 12.8. The standard InChI is InChI=1S/C17H15F3N4O4S/c1-2-27-15-7-10(9-22-23-16(21)29)3-5-14(15)28-13-6-4-11(17(18,19)20)8-12(13)24(25)26/h3-9H,2H2,1H3,(H3,21,23,29)/b22-9+. The van der Waals surface area contributed by atoms with Crippen LogP contribution in [0.15, 0.2) is 41.5 Å². The van der Waals surface area contributed by atoms with E-state index in [0.717, 1.165) is 6.07 Å². The molecule has 0 saturated carbocycles. The minimum atomic E-state index is -4.72. The summed E-state index contributed by atoms with van der Waals surface area (Å²) in [5, 5.41) is 15.0. The average Bonchev–Trinajstić information content (AvgIpc) is 2.63. The molecule has 0 unspecified atom stereocenters. The highest BCUT2D eigenvalue weighted by atomic mass is 32.1. The van der Waals surface area contributed by atoms with Crippen LogP contribution in [0.1, 0.15) is 18.1 Å². The van der Waals surface area contributed by atoms with Gasteiger partial charge in [-0.15, -0.1) is 0 Å². The summed E-state index contributed by atoms with van der Waals surface area (Å²) in [7, 11) is 0. The van der Waals surface area contributed by atoms with Crippen LogP contribution in [-0.4, -0.2) is 22.9 Å². The smallest absolute Gasteiger partial charge is 0.416 e. The van der Waals surface area contributed by atoms with E-state index in [2.05, 4.69) is 22.7 Å². The Balaban J connectivity index is 2.38. The zero-order valence-corrected chi connectivity index (χ0v) is 15.7. The summed E-state index contributed by atoms with van der Waals surface area (Å²) in [4.78, 5) is 10.3. The van der Waals surface area contributed by atoms with Crippen molar-refractivity contribution in [2.45, 2.75) is 13.1 Å². The number of hydrogen-bond acceptors (Lipinski definition) is 6. The number of benzene rings is 2. The Hall–Kier alpha value is -3.41. The van der Waals surface area contributed by atoms with Gasteiger partial charge < -0.3 is 15.2 Å². The van der Waals surface area contributed by atoms with Crippen molar-refractivity contribution in [3.05, 3.63) is 57.6 Å². The molecule has 0 spiro atoms. The van der Waals surface area contributed by atoms with E-state index in [1.165, 1.54) is 18.3 Å². The van der Waals surface area contributed by atoms with Crippen molar-refractivity contribution in [1.29, 1.82) is 0 Å². The molecule has 0 aliphatic rings. The number of nitro benzene ring substituents is 1. The van der Waals surface area contributed by atoms with Crippen molar-refractivity contribution >= 4 is 29.2 Å². The third-order valence-corrected chi connectivity index (χ3v) is 3.45. The van der Waals surface area contributed by atoms with Crippen molar-refractivity contribution in [1.82, 2.24) is 5.43 Å². The second kappa shape index (κ2) is 9.19. The molecular weight excluding hydrogens is 413 g/mol. The van der Waals surface area contributed by atoms with Gasteiger partial charge in [-0.25, -0.2) is 0 Å². The van der Waals surface area contributed by atoms with Gasteiger partial charge in [-0.1, -0.05) is 0 Å². The van der Waals surface area contributed by atoms with Gasteiger partial charge in [0, 0.05) is 6.07 Å². The van der Waals surface area contributed by atoms with Crippen LogP contribution in [0.5, 0.6) is 17.2 Å². The van der Waals surface area contributed by atoms with Crippen molar-refractivity contribution in [2.24, 2.45) is 10.8 Å². The first-order valence-corrected chi connectivity index (χ1v) is 8.41. The molecule has 8 nitrogen and oxygen atoms in total. The van der Waals surface area contributed by atoms with E-state index in [9.17, 15) is 23.3 Å². The van der Waals surface area contributed by atoms with Gasteiger partial charge in [0.25, 0.3) is 0 Å². The Morgan fingerprint density at radius 2 is 1.97 bits per heavy atom. The van der Waals surface area contributed by atoms with Crippen LogP contribution in [0.2, 0.25) is 0 Å². The van der Waals surface area contributed by atoms with Gasteiger partial charge in [0.1, 0.15) is 0 Å². The summed E-state index contributed by atoms with van der Waals surface area (Å²) in [5.41, 5.74) is 6.22. The fraction of sp³-hybridized carbons (Fsp3) is 0.176. The van der Waals surface area contributed by atoms with Crippen LogP contribution in [0.4, 0.5) is 18.9 Å². The number of nitrogens with two attached hydrogens (primary N) is 1. The number of thiocarbonyl (C=S) groups is 1. The molecular formula is C17H15F3N4O4S. The lowest BCUT2D eigenvalue weighted by Crippen LogP contribution is -2.23. The van der Waals surface area contributed by atoms with Gasteiger partial charge in [-0.05, 0) is 55.0 Å². The van der Waals surface area contributed by atoms with Crippen molar-refractivity contribution in [3.8, 4) is 17.2 Å². The normalized spacial score (nSPS) is 11.3. The number of hydrazone groups is 1. The molecule has 2 rings (SSSR count). The van der Waals surface area contributed by atoms with Crippen LogP contribution in [-0.2, 0) is 6.18 Å². The van der Waals surface area contributed by atoms with E-state index < -0.39 is 22.4 Å². The third kappa shape index (κ3) is 6.04. The number of ether oxygens (including phenoxy) is 2. The lowest BCUT2D eigenvalue weighted by molar-refractivity contribution is -0.385. The zero-order chi connectivity index (χ0) is 21.6. The van der Waals surface area contributed by atoms with E-state index in [4.69, 9.17) is 15.2 Å². The van der Waals surface area contributed by atoms with Gasteiger partial charge in [0.05, 0.1) is 23.3 Å². The van der Waals surface area contributed by atoms with Gasteiger partial charge >= 0.3 is 11.9 Å². The highest BCUT2D eigenvalue weighted by Gasteiger charge is 2.33. The van der Waals surface area contributed by atoms with E-state index >= 15 is 0 Å². The maximum absolute atomic E-state index is 12.8. The fourth-order valence-electron chi connectivity index (χ4n) is 2.17. The maximum Gasteiger partial charge on any atom is 0.416 e. The van der Waals surface area contributed by atoms with E-state index in [1.54, 1.807) is 13.0 Å². The molecule has 0 aromatic heterocycles. The number of nitrogens with zero attached hydrogens (tertiary/aromatic N) is 2. The van der Waals surface area contributed by atoms with Gasteiger partial charge in [-0.2, -0.15) is 18.3 Å². The Labute approximate surface area is 168 Å². The average molecular weight is 428 g/mol. The zero-order valence-electron chi connectivity index (χ0n) is 14.9. The first kappa shape index (κ1) is 21.9. The Bertz CT molecular complexity index is 951. The summed E-state index contributed by atoms with van der Waals surface area (Å²) in [6.45, 7) is 1.96. The molecule has 0 aliphatic heterocycles. The first-order valence-electron chi connectivity index (χ1n) is 8.00. The highest BCUT2D eigenvalue weighted by molar-refractivity contribution is 7.80. The van der Waals surface area contributed by atoms with Crippen LogP contribution in [0.3, 0.4) is 0 Å². The SMILES string of the molecule is CCOc1cc(/C=N/NC(N)=S)ccc1Oc1ccc(C(F)(F)F)cc1[N+](=O)[O-]. The molecule has 0 amide bonds. The predicted molar refractivity (Wildman–Crippen MR) is 103 cm³/mol. The second-order valence-electron chi connectivity index (χ2n) is 5.41. The Kier molecular flexibility index (Phi) is 6.93. The van der Waals surface area contributed by atoms with Gasteiger partial charge in [0.15, 0.2) is 16.6 Å². The topological polar surface area (TPSA) is 112 Å². The van der Waals surface area contributed by atoms with E-state index in [1.807, 2.05) is 0 Å². The summed E-state index contributed by atoms with van der Waals surface area (Å²) in [6.07, 6.45) is -3.33. The number of halogens is 3. The summed E-state index contributed by atoms with van der Waals surface area (Å²) in [6, 6.07) is 6.52. The third-order valence-electron chi connectivity index (χ3n) is 3.36. The molecule has 0 atom stereocenters. The Morgan fingerprint density at radius 3 is 2.55 bits per heavy atom. The summed E-state index contributed by atoms with van der Waals surface area (Å²) >= 11 is 4.62. The number of rotatable bonds is 7. The predicted octanol–water partition coefficient (Wildman–Crippen LogP) is 3.97. The highest BCUT2D eigenvalue weighted by Crippen LogP contribution is 2.40. The largest absolute Gasteiger partial charge is 0.490 e. The number of hydrogen-bond donors (Lipinski definition) is 2. The van der Waals surface area contributed by atoms with Crippen LogP contribution in [0, 0.1) is 10.1 Å². The molecule has 29 heavy (non-hydrogen) atoms. The molecule has 0 saturated heterocycles. The lowest BCUT2D eigenvalue weighted by Gasteiger charge is -2.13. The Morgan fingerprint density at radius 1 is 1.28 bits per heavy atom. The quantitative estimate of drug-likeness (QED) is 0.297. The molecule has 0 heterocycles. The van der Waals surface area contributed by atoms with E-state index in [-0.39, 0.29) is 29.0 Å². The van der Waals surface area contributed by atoms with Gasteiger partial charge in [0.2, 0.25) is 5.75 Å². The minimum absolute atomic E-state index is 0.0270. The van der Waals surface area contributed by atoms with E-state index in [0.29, 0.717) is 17.7 Å².